The zero-order chi connectivity index (χ0) is 13.2. The third-order valence-corrected chi connectivity index (χ3v) is 4.94. The monoisotopic (exact) mass is 343 g/mol. The Morgan fingerprint density at radius 3 is 2.53 bits per heavy atom. The maximum atomic E-state index is 6.28. The Kier molecular flexibility index (Phi) is 4.44. The zero-order valence-electron chi connectivity index (χ0n) is 10.9. The van der Waals surface area contributed by atoms with Gasteiger partial charge in [-0.3, -0.25) is 9.80 Å². The fraction of sp³-hybridized carbons (Fsp3) is 0.571. The summed E-state index contributed by atoms with van der Waals surface area (Å²) < 4.78 is 1.04. The maximum absolute atomic E-state index is 6.28. The van der Waals surface area contributed by atoms with Gasteiger partial charge in [-0.2, -0.15) is 0 Å². The van der Waals surface area contributed by atoms with E-state index in [4.69, 9.17) is 11.6 Å². The predicted octanol–water partition coefficient (Wildman–Crippen LogP) is 2.19. The number of benzene rings is 1. The SMILES string of the molecule is Clc1cc(Br)ccc1CN1CCN(C2CNC2)CC1. The molecule has 0 aliphatic carbocycles. The summed E-state index contributed by atoms with van der Waals surface area (Å²) in [5, 5.41) is 4.21. The summed E-state index contributed by atoms with van der Waals surface area (Å²) in [7, 11) is 0. The molecule has 104 valence electrons. The highest BCUT2D eigenvalue weighted by Crippen LogP contribution is 2.23. The summed E-state index contributed by atoms with van der Waals surface area (Å²) in [6.07, 6.45) is 0. The van der Waals surface area contributed by atoms with Gasteiger partial charge >= 0.3 is 0 Å². The minimum Gasteiger partial charge on any atom is -0.314 e. The second-order valence-corrected chi connectivity index (χ2v) is 6.68. The van der Waals surface area contributed by atoms with E-state index in [9.17, 15) is 0 Å². The van der Waals surface area contributed by atoms with E-state index < -0.39 is 0 Å². The van der Waals surface area contributed by atoms with Crippen molar-refractivity contribution in [3.63, 3.8) is 0 Å². The van der Waals surface area contributed by atoms with Gasteiger partial charge in [0.1, 0.15) is 0 Å². The van der Waals surface area contributed by atoms with E-state index >= 15 is 0 Å². The molecule has 0 unspecified atom stereocenters. The largest absolute Gasteiger partial charge is 0.314 e. The Labute approximate surface area is 128 Å². The third-order valence-electron chi connectivity index (χ3n) is 4.09. The summed E-state index contributed by atoms with van der Waals surface area (Å²) in [6, 6.07) is 6.94. The molecule has 0 bridgehead atoms. The first kappa shape index (κ1) is 13.8. The molecule has 5 heteroatoms. The third kappa shape index (κ3) is 3.31. The van der Waals surface area contributed by atoms with Gasteiger partial charge in [0.25, 0.3) is 0 Å². The molecular weight excluding hydrogens is 326 g/mol. The van der Waals surface area contributed by atoms with Crippen molar-refractivity contribution in [3.8, 4) is 0 Å². The van der Waals surface area contributed by atoms with E-state index in [0.29, 0.717) is 0 Å². The molecule has 3 nitrogen and oxygen atoms in total. The van der Waals surface area contributed by atoms with Crippen LogP contribution in [0.25, 0.3) is 0 Å². The van der Waals surface area contributed by atoms with E-state index in [1.54, 1.807) is 0 Å². The molecule has 0 atom stereocenters. The van der Waals surface area contributed by atoms with Crippen LogP contribution in [0.4, 0.5) is 0 Å². The molecule has 2 fully saturated rings. The molecule has 2 aliphatic rings. The second-order valence-electron chi connectivity index (χ2n) is 5.36. The molecule has 0 amide bonds. The Hall–Kier alpha value is -0.130. The van der Waals surface area contributed by atoms with Gasteiger partial charge in [0, 0.05) is 61.4 Å². The minimum absolute atomic E-state index is 0.776. The molecule has 2 heterocycles. The van der Waals surface area contributed by atoms with Crippen LogP contribution >= 0.6 is 27.5 Å². The van der Waals surface area contributed by atoms with Crippen molar-refractivity contribution in [3.05, 3.63) is 33.3 Å². The van der Waals surface area contributed by atoms with Crippen molar-refractivity contribution in [2.45, 2.75) is 12.6 Å². The lowest BCUT2D eigenvalue weighted by Gasteiger charge is -2.43. The van der Waals surface area contributed by atoms with Crippen LogP contribution in [-0.2, 0) is 6.54 Å². The first-order valence-corrected chi connectivity index (χ1v) is 8.00. The van der Waals surface area contributed by atoms with Crippen LogP contribution in [0, 0.1) is 0 Å². The summed E-state index contributed by atoms with van der Waals surface area (Å²) in [5.41, 5.74) is 1.23. The van der Waals surface area contributed by atoms with Gasteiger partial charge in [0.2, 0.25) is 0 Å². The topological polar surface area (TPSA) is 18.5 Å². The number of hydrogen-bond acceptors (Lipinski definition) is 3. The molecule has 2 saturated heterocycles. The van der Waals surface area contributed by atoms with Crippen molar-refractivity contribution in [2.75, 3.05) is 39.3 Å². The highest BCUT2D eigenvalue weighted by Gasteiger charge is 2.27. The van der Waals surface area contributed by atoms with Gasteiger partial charge in [0.15, 0.2) is 0 Å². The van der Waals surface area contributed by atoms with Crippen LogP contribution in [0.1, 0.15) is 5.56 Å². The molecule has 0 spiro atoms. The van der Waals surface area contributed by atoms with Crippen LogP contribution in [-0.4, -0.2) is 55.1 Å². The molecule has 1 N–H and O–H groups in total. The van der Waals surface area contributed by atoms with Gasteiger partial charge in [-0.15, -0.1) is 0 Å². The second kappa shape index (κ2) is 6.10. The van der Waals surface area contributed by atoms with Gasteiger partial charge in [-0.1, -0.05) is 33.6 Å². The quantitative estimate of drug-likeness (QED) is 0.907. The predicted molar refractivity (Wildman–Crippen MR) is 82.7 cm³/mol. The minimum atomic E-state index is 0.776. The molecule has 2 aliphatic heterocycles. The van der Waals surface area contributed by atoms with Crippen LogP contribution < -0.4 is 5.32 Å². The van der Waals surface area contributed by atoms with E-state index in [-0.39, 0.29) is 0 Å². The van der Waals surface area contributed by atoms with Crippen molar-refractivity contribution in [2.24, 2.45) is 0 Å². The van der Waals surface area contributed by atoms with Crippen molar-refractivity contribution < 1.29 is 0 Å². The van der Waals surface area contributed by atoms with E-state index in [2.05, 4.69) is 43.2 Å². The average Bonchev–Trinajstić information content (AvgIpc) is 2.33. The Balaban J connectivity index is 1.54. The standard InChI is InChI=1S/C14H19BrClN3/c15-12-2-1-11(14(16)7-12)10-18-3-5-19(6-4-18)13-8-17-9-13/h1-2,7,13,17H,3-6,8-10H2. The average molecular weight is 345 g/mol. The lowest BCUT2D eigenvalue weighted by Crippen LogP contribution is -2.61. The lowest BCUT2D eigenvalue weighted by atomic mass is 10.1. The number of nitrogens with one attached hydrogen (secondary N) is 1. The lowest BCUT2D eigenvalue weighted by molar-refractivity contribution is 0.0696. The van der Waals surface area contributed by atoms with E-state index in [1.165, 1.54) is 31.7 Å². The van der Waals surface area contributed by atoms with Gasteiger partial charge in [0.05, 0.1) is 0 Å². The van der Waals surface area contributed by atoms with Gasteiger partial charge < -0.3 is 5.32 Å². The van der Waals surface area contributed by atoms with Crippen LogP contribution in [0.15, 0.2) is 22.7 Å². The zero-order valence-corrected chi connectivity index (χ0v) is 13.3. The number of hydrogen-bond donors (Lipinski definition) is 1. The van der Waals surface area contributed by atoms with Crippen LogP contribution in [0.2, 0.25) is 5.02 Å². The first-order chi connectivity index (χ1) is 9.22. The van der Waals surface area contributed by atoms with Crippen LogP contribution in [0.5, 0.6) is 0 Å². The molecule has 1 aromatic rings. The molecule has 3 rings (SSSR count). The summed E-state index contributed by atoms with van der Waals surface area (Å²) in [4.78, 5) is 5.11. The molecule has 19 heavy (non-hydrogen) atoms. The normalized spacial score (nSPS) is 22.4. The number of rotatable bonds is 3. The molecule has 0 saturated carbocycles. The highest BCUT2D eigenvalue weighted by molar-refractivity contribution is 9.10. The molecule has 0 aromatic heterocycles. The van der Waals surface area contributed by atoms with Gasteiger partial charge in [-0.25, -0.2) is 0 Å². The summed E-state index contributed by atoms with van der Waals surface area (Å²) >= 11 is 9.73. The first-order valence-electron chi connectivity index (χ1n) is 6.83. The highest BCUT2D eigenvalue weighted by atomic mass is 79.9. The Bertz CT molecular complexity index is 442. The molecule has 0 radical (unpaired) electrons. The fourth-order valence-electron chi connectivity index (χ4n) is 2.71. The van der Waals surface area contributed by atoms with Crippen LogP contribution in [0.3, 0.4) is 0 Å². The number of piperazine rings is 1. The number of halogens is 2. The van der Waals surface area contributed by atoms with Crippen molar-refractivity contribution in [1.29, 1.82) is 0 Å². The molecule has 1 aromatic carbocycles. The Morgan fingerprint density at radius 1 is 1.21 bits per heavy atom. The summed E-state index contributed by atoms with van der Waals surface area (Å²) in [6.45, 7) is 7.94. The molecular formula is C14H19BrClN3. The van der Waals surface area contributed by atoms with E-state index in [0.717, 1.165) is 35.2 Å². The van der Waals surface area contributed by atoms with Crippen molar-refractivity contribution in [1.82, 2.24) is 15.1 Å². The smallest absolute Gasteiger partial charge is 0.0462 e. The Morgan fingerprint density at radius 2 is 1.95 bits per heavy atom. The maximum Gasteiger partial charge on any atom is 0.0462 e. The fourth-order valence-corrected chi connectivity index (χ4v) is 3.44. The van der Waals surface area contributed by atoms with Gasteiger partial charge in [-0.05, 0) is 17.7 Å². The summed E-state index contributed by atoms with van der Waals surface area (Å²) in [5.74, 6) is 0. The van der Waals surface area contributed by atoms with E-state index in [1.807, 2.05) is 6.07 Å². The number of nitrogens with zero attached hydrogens (tertiary/aromatic N) is 2. The van der Waals surface area contributed by atoms with Crippen molar-refractivity contribution >= 4 is 27.5 Å².